The maximum Gasteiger partial charge on any atom is 0.320 e. The number of carbonyl (C=O) groups is 2. The average Bonchev–Trinajstić information content (AvgIpc) is 3.15. The lowest BCUT2D eigenvalue weighted by molar-refractivity contribution is 0.0522. The maximum atomic E-state index is 13.2. The lowest BCUT2D eigenvalue weighted by Gasteiger charge is -2.42. The number of likely N-dealkylation sites (tertiary alicyclic amines) is 1. The number of methoxy groups -OCH3 is 1. The second kappa shape index (κ2) is 9.90. The quantitative estimate of drug-likeness (QED) is 0.705. The Morgan fingerprint density at radius 2 is 1.62 bits per heavy atom. The fourth-order valence-electron chi connectivity index (χ4n) is 6.15. The molecule has 9 heteroatoms. The Labute approximate surface area is 201 Å². The van der Waals surface area contributed by atoms with Crippen LogP contribution in [0.25, 0.3) is 0 Å². The molecule has 4 aliphatic rings. The van der Waals surface area contributed by atoms with E-state index in [1.54, 1.807) is 7.11 Å². The largest absolute Gasteiger partial charge is 0.497 e. The number of urea groups is 2. The standard InChI is InChI=1S/C25H37N5O4/c1-34-23-8-6-19(7-9-23)27-11-13-28(14-12-27)25(33)29-10-2-3-18(17-29)26-24(32)30-20-4-5-21(30)16-22(31)15-20/h6-9,18,20-22,31H,2-5,10-17H2,1H3,(H,26,32)/t18-,20-,21+,22?/m0/s1. The van der Waals surface area contributed by atoms with Gasteiger partial charge in [-0.2, -0.15) is 0 Å². The minimum Gasteiger partial charge on any atom is -0.497 e. The fraction of sp³-hybridized carbons (Fsp3) is 0.680. The van der Waals surface area contributed by atoms with Gasteiger partial charge in [-0.1, -0.05) is 0 Å². The number of hydrogen-bond acceptors (Lipinski definition) is 5. The zero-order valence-electron chi connectivity index (χ0n) is 20.1. The summed E-state index contributed by atoms with van der Waals surface area (Å²) in [5.74, 6) is 0.842. The van der Waals surface area contributed by atoms with Gasteiger partial charge in [-0.25, -0.2) is 9.59 Å². The number of nitrogens with one attached hydrogen (secondary N) is 1. The van der Waals surface area contributed by atoms with Gasteiger partial charge in [-0.15, -0.1) is 0 Å². The van der Waals surface area contributed by atoms with Gasteiger partial charge in [0.15, 0.2) is 0 Å². The molecular weight excluding hydrogens is 434 g/mol. The Morgan fingerprint density at radius 1 is 0.941 bits per heavy atom. The van der Waals surface area contributed by atoms with E-state index < -0.39 is 0 Å². The highest BCUT2D eigenvalue weighted by Crippen LogP contribution is 2.35. The topological polar surface area (TPSA) is 88.6 Å². The van der Waals surface area contributed by atoms with E-state index in [0.717, 1.165) is 56.8 Å². The van der Waals surface area contributed by atoms with Crippen LogP contribution in [-0.4, -0.2) is 102 Å². The monoisotopic (exact) mass is 471 g/mol. The highest BCUT2D eigenvalue weighted by atomic mass is 16.5. The second-order valence-corrected chi connectivity index (χ2v) is 10.1. The highest BCUT2D eigenvalue weighted by Gasteiger charge is 2.43. The van der Waals surface area contributed by atoms with Crippen LogP contribution in [0.2, 0.25) is 0 Å². The molecule has 0 aromatic heterocycles. The van der Waals surface area contributed by atoms with E-state index in [9.17, 15) is 14.7 Å². The Bertz CT molecular complexity index is 859. The molecular formula is C25H37N5O4. The molecule has 0 spiro atoms. The molecule has 4 atom stereocenters. The molecule has 5 rings (SSSR count). The Balaban J connectivity index is 1.11. The number of piperidine rings is 2. The number of benzene rings is 1. The summed E-state index contributed by atoms with van der Waals surface area (Å²) < 4.78 is 5.24. The zero-order chi connectivity index (χ0) is 23.7. The van der Waals surface area contributed by atoms with Crippen molar-refractivity contribution in [3.8, 4) is 5.75 Å². The van der Waals surface area contributed by atoms with Crippen molar-refractivity contribution in [1.29, 1.82) is 0 Å². The molecule has 2 bridgehead atoms. The third-order valence-corrected chi connectivity index (χ3v) is 7.95. The third kappa shape index (κ3) is 4.76. The minimum absolute atomic E-state index is 0.0166. The van der Waals surface area contributed by atoms with E-state index >= 15 is 0 Å². The predicted octanol–water partition coefficient (Wildman–Crippen LogP) is 2.10. The van der Waals surface area contributed by atoms with Gasteiger partial charge in [0.1, 0.15) is 5.75 Å². The van der Waals surface area contributed by atoms with Gasteiger partial charge >= 0.3 is 12.1 Å². The summed E-state index contributed by atoms with van der Waals surface area (Å²) in [6, 6.07) is 8.39. The number of amides is 4. The Kier molecular flexibility index (Phi) is 6.72. The SMILES string of the molecule is COc1ccc(N2CCN(C(=O)N3CCC[C@H](NC(=O)N4[C@@H]5CC[C@H]4CC(O)C5)C3)CC2)cc1. The Morgan fingerprint density at radius 3 is 2.26 bits per heavy atom. The third-order valence-electron chi connectivity index (χ3n) is 7.95. The van der Waals surface area contributed by atoms with Crippen LogP contribution in [0, 0.1) is 0 Å². The molecule has 0 aliphatic carbocycles. The van der Waals surface area contributed by atoms with Crippen LogP contribution in [0.3, 0.4) is 0 Å². The highest BCUT2D eigenvalue weighted by molar-refractivity contribution is 5.77. The summed E-state index contributed by atoms with van der Waals surface area (Å²) in [6.07, 6.45) is 4.83. The number of rotatable bonds is 3. The molecule has 4 aliphatic heterocycles. The van der Waals surface area contributed by atoms with Crippen LogP contribution >= 0.6 is 0 Å². The maximum absolute atomic E-state index is 13.2. The first-order valence-corrected chi connectivity index (χ1v) is 12.7. The summed E-state index contributed by atoms with van der Waals surface area (Å²) in [5.41, 5.74) is 1.15. The molecule has 0 saturated carbocycles. The molecule has 4 heterocycles. The number of fused-ring (bicyclic) bond motifs is 2. The van der Waals surface area contributed by atoms with Gasteiger partial charge < -0.3 is 34.8 Å². The summed E-state index contributed by atoms with van der Waals surface area (Å²) >= 11 is 0. The van der Waals surface area contributed by atoms with E-state index in [2.05, 4.69) is 22.3 Å². The normalized spacial score (nSPS) is 29.2. The molecule has 0 radical (unpaired) electrons. The van der Waals surface area contributed by atoms with Crippen LogP contribution < -0.4 is 15.0 Å². The predicted molar refractivity (Wildman–Crippen MR) is 129 cm³/mol. The van der Waals surface area contributed by atoms with Crippen LogP contribution in [0.15, 0.2) is 24.3 Å². The Hall–Kier alpha value is -2.68. The minimum atomic E-state index is -0.283. The van der Waals surface area contributed by atoms with Gasteiger partial charge in [-0.05, 0) is 62.8 Å². The zero-order valence-corrected chi connectivity index (χ0v) is 20.1. The number of aliphatic hydroxyl groups is 1. The first kappa shape index (κ1) is 23.1. The number of nitrogens with zero attached hydrogens (tertiary/aromatic N) is 4. The van der Waals surface area contributed by atoms with Crippen molar-refractivity contribution in [2.75, 3.05) is 51.3 Å². The lowest BCUT2D eigenvalue weighted by Crippen LogP contribution is -2.59. The second-order valence-electron chi connectivity index (χ2n) is 10.1. The molecule has 9 nitrogen and oxygen atoms in total. The molecule has 1 unspecified atom stereocenters. The van der Waals surface area contributed by atoms with E-state index in [1.807, 2.05) is 26.8 Å². The molecule has 4 amide bonds. The van der Waals surface area contributed by atoms with E-state index in [-0.39, 0.29) is 36.3 Å². The summed E-state index contributed by atoms with van der Waals surface area (Å²) in [4.78, 5) is 34.4. The smallest absolute Gasteiger partial charge is 0.320 e. The number of piperazine rings is 1. The molecule has 4 fully saturated rings. The summed E-state index contributed by atoms with van der Waals surface area (Å²) in [7, 11) is 1.67. The molecule has 4 saturated heterocycles. The van der Waals surface area contributed by atoms with Gasteiger partial charge in [0.2, 0.25) is 0 Å². The van der Waals surface area contributed by atoms with Gasteiger partial charge in [0, 0.05) is 63.1 Å². The summed E-state index contributed by atoms with van der Waals surface area (Å²) in [5, 5.41) is 13.2. The first-order valence-electron chi connectivity index (χ1n) is 12.7. The molecule has 1 aromatic carbocycles. The van der Waals surface area contributed by atoms with Crippen molar-refractivity contribution in [1.82, 2.24) is 20.0 Å². The van der Waals surface area contributed by atoms with Crippen molar-refractivity contribution in [3.05, 3.63) is 24.3 Å². The van der Waals surface area contributed by atoms with Gasteiger partial charge in [0.05, 0.1) is 13.2 Å². The van der Waals surface area contributed by atoms with Gasteiger partial charge in [0.25, 0.3) is 0 Å². The lowest BCUT2D eigenvalue weighted by atomic mass is 10.0. The molecule has 2 N–H and O–H groups in total. The van der Waals surface area contributed by atoms with Crippen LogP contribution in [0.5, 0.6) is 5.75 Å². The molecule has 34 heavy (non-hydrogen) atoms. The van der Waals surface area contributed by atoms with Crippen molar-refractivity contribution in [2.45, 2.75) is 62.8 Å². The number of ether oxygens (including phenoxy) is 1. The van der Waals surface area contributed by atoms with Gasteiger partial charge in [-0.3, -0.25) is 0 Å². The van der Waals surface area contributed by atoms with Crippen LogP contribution in [0.1, 0.15) is 38.5 Å². The van der Waals surface area contributed by atoms with Crippen molar-refractivity contribution in [3.63, 3.8) is 0 Å². The number of aliphatic hydroxyl groups excluding tert-OH is 1. The fourth-order valence-corrected chi connectivity index (χ4v) is 6.15. The first-order chi connectivity index (χ1) is 16.5. The van der Waals surface area contributed by atoms with Crippen LogP contribution in [0.4, 0.5) is 15.3 Å². The summed E-state index contributed by atoms with van der Waals surface area (Å²) in [6.45, 7) is 4.29. The van der Waals surface area contributed by atoms with E-state index in [4.69, 9.17) is 4.74 Å². The number of anilines is 1. The van der Waals surface area contributed by atoms with Crippen molar-refractivity contribution >= 4 is 17.7 Å². The van der Waals surface area contributed by atoms with Crippen molar-refractivity contribution in [2.24, 2.45) is 0 Å². The molecule has 1 aromatic rings. The number of hydrogen-bond donors (Lipinski definition) is 2. The average molecular weight is 472 g/mol. The van der Waals surface area contributed by atoms with Crippen LogP contribution in [-0.2, 0) is 0 Å². The van der Waals surface area contributed by atoms with E-state index in [0.29, 0.717) is 32.5 Å². The number of carbonyl (C=O) groups excluding carboxylic acids is 2. The van der Waals surface area contributed by atoms with Crippen molar-refractivity contribution < 1.29 is 19.4 Å². The van der Waals surface area contributed by atoms with E-state index in [1.165, 1.54) is 0 Å². The molecule has 186 valence electrons.